The minimum Gasteiger partial charge on any atom is -0.394 e. The van der Waals surface area contributed by atoms with Crippen LogP contribution in [-0.2, 0) is 9.47 Å². The van der Waals surface area contributed by atoms with Gasteiger partial charge in [-0.2, -0.15) is 36.3 Å². The number of anilines is 2. The number of nitrogen functional groups attached to an aromatic ring is 2. The molecule has 0 spiro atoms. The van der Waals surface area contributed by atoms with Gasteiger partial charge in [0.05, 0.1) is 25.4 Å². The molecule has 4 aromatic rings. The number of nitrogens with one attached hydrogen (secondary N) is 4. The van der Waals surface area contributed by atoms with E-state index in [4.69, 9.17) is 20.9 Å². The van der Waals surface area contributed by atoms with Crippen molar-refractivity contribution in [3.8, 4) is 0 Å². The summed E-state index contributed by atoms with van der Waals surface area (Å²) in [5.74, 6) is -0.724. The number of nitrogens with two attached hydrogens (primary N) is 2. The standard InChI is InChI=1S/C23H26F6N12O7/c24-22(25,26)21(23(27,28)29,39-6-1-9(47-8(6)3-42)40-4-32-10-14(40)35-19(30)37-16(10)45)34-2-7-12(43)13(44)18(48-7)41-5-33-11-15(41)36-20(31)38-17(11)46/h4-9,12-13,18,34,39,42-44H,1-3H2,(H3,30,35,37,45)(H3,31,36,38,46)/t6-,7+,8+,9+,12+,13+,18+/m0/s1. The molecule has 6 rings (SSSR count). The fourth-order valence-electron chi connectivity index (χ4n) is 5.74. The zero-order valence-electron chi connectivity index (χ0n) is 23.9. The number of aromatic amines is 2. The van der Waals surface area contributed by atoms with Gasteiger partial charge >= 0.3 is 12.4 Å². The topological polar surface area (TPSA) is 282 Å². The highest BCUT2D eigenvalue weighted by Gasteiger charge is 2.72. The summed E-state index contributed by atoms with van der Waals surface area (Å²) >= 11 is 0. The highest BCUT2D eigenvalue weighted by Crippen LogP contribution is 2.44. The first-order valence-electron chi connectivity index (χ1n) is 13.8. The number of hydrogen-bond donors (Lipinski definition) is 9. The molecule has 19 nitrogen and oxygen atoms in total. The van der Waals surface area contributed by atoms with Crippen LogP contribution in [0.3, 0.4) is 0 Å². The Bertz CT molecular complexity index is 1930. The normalized spacial score (nSPS) is 27.1. The number of nitrogens with zero attached hydrogens (tertiary/aromatic N) is 6. The van der Waals surface area contributed by atoms with Crippen LogP contribution in [0.4, 0.5) is 38.2 Å². The monoisotopic (exact) mass is 696 g/mol. The maximum atomic E-state index is 14.6. The SMILES string of the molecule is Nc1nc2c(ncn2[C@@H]2O[C@H](CNC(N[C@H]3C[C@H](n4cnc5c(=O)[nH]c(N)nc54)O[C@@H]3CO)(C(F)(F)F)C(F)(F)F)[C@@H](O)[C@H]2O)c(=O)[nH]1. The first-order chi connectivity index (χ1) is 22.5. The van der Waals surface area contributed by atoms with Crippen LogP contribution in [0.5, 0.6) is 0 Å². The molecule has 0 aromatic carbocycles. The van der Waals surface area contributed by atoms with Gasteiger partial charge in [-0.1, -0.05) is 0 Å². The van der Waals surface area contributed by atoms with E-state index in [1.807, 2.05) is 0 Å². The highest BCUT2D eigenvalue weighted by atomic mass is 19.4. The largest absolute Gasteiger partial charge is 0.429 e. The summed E-state index contributed by atoms with van der Waals surface area (Å²) in [6, 6.07) is -1.84. The molecule has 7 atom stereocenters. The van der Waals surface area contributed by atoms with Crippen molar-refractivity contribution in [3.05, 3.63) is 33.4 Å². The van der Waals surface area contributed by atoms with Crippen molar-refractivity contribution in [3.63, 3.8) is 0 Å². The van der Waals surface area contributed by atoms with E-state index in [0.717, 1.165) is 21.8 Å². The maximum absolute atomic E-state index is 14.6. The highest BCUT2D eigenvalue weighted by molar-refractivity contribution is 5.71. The lowest BCUT2D eigenvalue weighted by molar-refractivity contribution is -0.321. The van der Waals surface area contributed by atoms with Gasteiger partial charge in [0.2, 0.25) is 11.9 Å². The summed E-state index contributed by atoms with van der Waals surface area (Å²) in [4.78, 5) is 44.0. The predicted molar refractivity (Wildman–Crippen MR) is 146 cm³/mol. The molecule has 6 heterocycles. The minimum atomic E-state index is -6.11. The second-order valence-electron chi connectivity index (χ2n) is 11.0. The molecule has 48 heavy (non-hydrogen) atoms. The number of aliphatic hydroxyl groups is 3. The summed E-state index contributed by atoms with van der Waals surface area (Å²) in [5.41, 5.74) is 3.71. The third kappa shape index (κ3) is 5.41. The molecular formula is C23H26F6N12O7. The summed E-state index contributed by atoms with van der Waals surface area (Å²) in [7, 11) is 0. The molecule has 0 unspecified atom stereocenters. The van der Waals surface area contributed by atoms with Gasteiger partial charge in [0.25, 0.3) is 16.8 Å². The van der Waals surface area contributed by atoms with Crippen LogP contribution in [0.15, 0.2) is 22.2 Å². The first-order valence-corrected chi connectivity index (χ1v) is 13.8. The lowest BCUT2D eigenvalue weighted by Crippen LogP contribution is -2.77. The number of alkyl halides is 6. The quantitative estimate of drug-likeness (QED) is 0.0691. The second-order valence-corrected chi connectivity index (χ2v) is 11.0. The molecule has 4 aromatic heterocycles. The molecule has 2 aliphatic rings. The molecule has 11 N–H and O–H groups in total. The van der Waals surface area contributed by atoms with Crippen molar-refractivity contribution in [1.29, 1.82) is 0 Å². The number of halogens is 6. The zero-order chi connectivity index (χ0) is 34.9. The van der Waals surface area contributed by atoms with Gasteiger partial charge in [-0.25, -0.2) is 9.97 Å². The average molecular weight is 697 g/mol. The Kier molecular flexibility index (Phi) is 8.12. The molecule has 0 bridgehead atoms. The van der Waals surface area contributed by atoms with E-state index in [2.05, 4.69) is 29.9 Å². The molecule has 0 amide bonds. The number of fused-ring (bicyclic) bond motifs is 2. The summed E-state index contributed by atoms with van der Waals surface area (Å²) in [5, 5.41) is 34.0. The molecular weight excluding hydrogens is 670 g/mol. The Balaban J connectivity index is 1.27. The van der Waals surface area contributed by atoms with Gasteiger partial charge in [-0.15, -0.1) is 0 Å². The number of aromatic nitrogens is 8. The molecule has 0 aliphatic carbocycles. The van der Waals surface area contributed by atoms with Crippen LogP contribution in [0.2, 0.25) is 0 Å². The fraction of sp³-hybridized carbons (Fsp3) is 0.565. The summed E-state index contributed by atoms with van der Waals surface area (Å²) in [6.07, 6.45) is -21.4. The fourth-order valence-corrected chi connectivity index (χ4v) is 5.74. The van der Waals surface area contributed by atoms with Gasteiger partial charge in [0.15, 0.2) is 28.6 Å². The van der Waals surface area contributed by atoms with Crippen LogP contribution >= 0.6 is 0 Å². The Labute approximate surface area is 260 Å². The van der Waals surface area contributed by atoms with E-state index in [-0.39, 0.29) is 34.2 Å². The lowest BCUT2D eigenvalue weighted by Gasteiger charge is -2.41. The number of ether oxygens (including phenoxy) is 2. The van der Waals surface area contributed by atoms with Crippen molar-refractivity contribution in [2.45, 2.75) is 67.3 Å². The van der Waals surface area contributed by atoms with E-state index in [0.29, 0.717) is 0 Å². The van der Waals surface area contributed by atoms with E-state index in [1.54, 1.807) is 0 Å². The van der Waals surface area contributed by atoms with Crippen LogP contribution in [-0.4, -0.2) is 116 Å². The van der Waals surface area contributed by atoms with Crippen molar-refractivity contribution in [2.24, 2.45) is 0 Å². The summed E-state index contributed by atoms with van der Waals surface area (Å²) < 4.78 is 100. The number of imidazole rings is 2. The average Bonchev–Trinajstić information content (AvgIpc) is 3.75. The third-order valence-electron chi connectivity index (χ3n) is 8.06. The van der Waals surface area contributed by atoms with Crippen LogP contribution in [0, 0.1) is 0 Å². The van der Waals surface area contributed by atoms with E-state index >= 15 is 0 Å². The van der Waals surface area contributed by atoms with Crippen molar-refractivity contribution < 1.29 is 51.1 Å². The molecule has 2 aliphatic heterocycles. The number of aliphatic hydroxyl groups excluding tert-OH is 3. The number of rotatable bonds is 8. The molecule has 25 heteroatoms. The van der Waals surface area contributed by atoms with E-state index < -0.39 is 91.6 Å². The zero-order valence-corrected chi connectivity index (χ0v) is 23.9. The first kappa shape index (κ1) is 33.5. The Morgan fingerprint density at radius 1 is 0.875 bits per heavy atom. The van der Waals surface area contributed by atoms with E-state index in [1.165, 1.54) is 10.6 Å². The van der Waals surface area contributed by atoms with Crippen molar-refractivity contribution >= 4 is 34.2 Å². The second kappa shape index (κ2) is 11.6. The van der Waals surface area contributed by atoms with Gasteiger partial charge < -0.3 is 36.3 Å². The van der Waals surface area contributed by atoms with Crippen LogP contribution < -0.4 is 33.2 Å². The van der Waals surface area contributed by atoms with Crippen molar-refractivity contribution in [2.75, 3.05) is 24.6 Å². The number of hydrogen-bond acceptors (Lipinski definition) is 15. The lowest BCUT2D eigenvalue weighted by atomic mass is 10.0. The maximum Gasteiger partial charge on any atom is 0.429 e. The predicted octanol–water partition coefficient (Wildman–Crippen LogP) is -2.32. The third-order valence-corrected chi connectivity index (χ3v) is 8.06. The van der Waals surface area contributed by atoms with Gasteiger partial charge in [0.1, 0.15) is 24.5 Å². The molecule has 0 saturated carbocycles. The van der Waals surface area contributed by atoms with Crippen molar-refractivity contribution in [1.82, 2.24) is 49.7 Å². The molecule has 2 fully saturated rings. The van der Waals surface area contributed by atoms with Gasteiger partial charge in [-0.05, 0) is 0 Å². The molecule has 0 radical (unpaired) electrons. The van der Waals surface area contributed by atoms with Gasteiger partial charge in [0, 0.05) is 19.0 Å². The van der Waals surface area contributed by atoms with Gasteiger partial charge in [-0.3, -0.25) is 39.3 Å². The smallest absolute Gasteiger partial charge is 0.394 e. The van der Waals surface area contributed by atoms with Crippen LogP contribution in [0.1, 0.15) is 18.9 Å². The Morgan fingerprint density at radius 2 is 1.42 bits per heavy atom. The Morgan fingerprint density at radius 3 is 1.96 bits per heavy atom. The Hall–Kier alpha value is -4.40. The molecule has 262 valence electrons. The van der Waals surface area contributed by atoms with E-state index in [9.17, 15) is 51.3 Å². The number of H-pyrrole nitrogens is 2. The summed E-state index contributed by atoms with van der Waals surface area (Å²) in [6.45, 7) is -2.37. The minimum absolute atomic E-state index is 0.178. The van der Waals surface area contributed by atoms with Crippen LogP contribution in [0.25, 0.3) is 22.3 Å². The molecule has 2 saturated heterocycles.